The molecule has 1 aromatic carbocycles. The van der Waals surface area contributed by atoms with Crippen molar-refractivity contribution in [3.05, 3.63) is 29.8 Å². The third-order valence-electron chi connectivity index (χ3n) is 5.01. The number of anilines is 1. The second-order valence-corrected chi connectivity index (χ2v) is 7.06. The largest absolute Gasteiger partial charge is 0.462 e. The average Bonchev–Trinajstić information content (AvgIpc) is 2.65. The molecule has 138 valence electrons. The lowest BCUT2D eigenvalue weighted by Gasteiger charge is -2.27. The van der Waals surface area contributed by atoms with Crippen molar-refractivity contribution in [3.8, 4) is 0 Å². The maximum Gasteiger partial charge on any atom is 0.338 e. The van der Waals surface area contributed by atoms with E-state index in [9.17, 15) is 9.59 Å². The first-order chi connectivity index (χ1) is 12.1. The van der Waals surface area contributed by atoms with Crippen LogP contribution in [0.1, 0.15) is 75.6 Å². The van der Waals surface area contributed by atoms with Crippen LogP contribution in [0, 0.1) is 11.8 Å². The van der Waals surface area contributed by atoms with Gasteiger partial charge in [-0.3, -0.25) is 4.79 Å². The van der Waals surface area contributed by atoms with Crippen molar-refractivity contribution in [2.45, 2.75) is 65.2 Å². The topological polar surface area (TPSA) is 55.4 Å². The van der Waals surface area contributed by atoms with Crippen molar-refractivity contribution in [2.24, 2.45) is 11.8 Å². The zero-order valence-electron chi connectivity index (χ0n) is 15.6. The summed E-state index contributed by atoms with van der Waals surface area (Å²) in [6.07, 6.45) is 8.97. The van der Waals surface area contributed by atoms with Crippen molar-refractivity contribution < 1.29 is 14.3 Å². The number of hydrogen-bond acceptors (Lipinski definition) is 3. The molecule has 0 saturated heterocycles. The minimum absolute atomic E-state index is 0.107. The van der Waals surface area contributed by atoms with E-state index in [0.717, 1.165) is 30.9 Å². The molecule has 1 aliphatic carbocycles. The molecule has 0 atom stereocenters. The van der Waals surface area contributed by atoms with E-state index in [0.29, 0.717) is 12.2 Å². The molecule has 25 heavy (non-hydrogen) atoms. The van der Waals surface area contributed by atoms with E-state index in [-0.39, 0.29) is 17.8 Å². The highest BCUT2D eigenvalue weighted by Gasteiger charge is 2.26. The average molecular weight is 345 g/mol. The van der Waals surface area contributed by atoms with E-state index >= 15 is 0 Å². The van der Waals surface area contributed by atoms with Crippen LogP contribution in [0.5, 0.6) is 0 Å². The summed E-state index contributed by atoms with van der Waals surface area (Å²) in [5.41, 5.74) is 1.26. The van der Waals surface area contributed by atoms with Gasteiger partial charge in [-0.1, -0.05) is 33.1 Å². The van der Waals surface area contributed by atoms with Gasteiger partial charge in [0.1, 0.15) is 0 Å². The number of benzene rings is 1. The van der Waals surface area contributed by atoms with Crippen LogP contribution in [0.2, 0.25) is 0 Å². The standard InChI is InChI=1S/C21H31NO3/c1-3-5-6-16-7-9-17(10-8-16)20(23)22-19-13-11-18(12-14-19)21(24)25-15-4-2/h11-14,16-17H,3-10,15H2,1-2H3,(H,22,23). The summed E-state index contributed by atoms with van der Waals surface area (Å²) in [5, 5.41) is 2.99. The smallest absolute Gasteiger partial charge is 0.338 e. The first-order valence-corrected chi connectivity index (χ1v) is 9.72. The quantitative estimate of drug-likeness (QED) is 0.660. The highest BCUT2D eigenvalue weighted by molar-refractivity contribution is 5.94. The van der Waals surface area contributed by atoms with Crippen molar-refractivity contribution in [1.29, 1.82) is 0 Å². The molecule has 0 radical (unpaired) electrons. The third kappa shape index (κ3) is 6.18. The van der Waals surface area contributed by atoms with Gasteiger partial charge in [0.05, 0.1) is 12.2 Å². The molecule has 1 fully saturated rings. The number of esters is 1. The third-order valence-corrected chi connectivity index (χ3v) is 5.01. The number of ether oxygens (including phenoxy) is 1. The Kier molecular flexibility index (Phi) is 7.96. The Bertz CT molecular complexity index is 545. The minimum Gasteiger partial charge on any atom is -0.462 e. The summed E-state index contributed by atoms with van der Waals surface area (Å²) in [7, 11) is 0. The first-order valence-electron chi connectivity index (χ1n) is 9.72. The second-order valence-electron chi connectivity index (χ2n) is 7.06. The monoisotopic (exact) mass is 345 g/mol. The van der Waals surface area contributed by atoms with Crippen LogP contribution in [0.25, 0.3) is 0 Å². The fourth-order valence-electron chi connectivity index (χ4n) is 3.42. The number of carbonyl (C=O) groups is 2. The first kappa shape index (κ1) is 19.5. The van der Waals surface area contributed by atoms with Gasteiger partial charge < -0.3 is 10.1 Å². The van der Waals surface area contributed by atoms with Crippen molar-refractivity contribution in [2.75, 3.05) is 11.9 Å². The highest BCUT2D eigenvalue weighted by atomic mass is 16.5. The van der Waals surface area contributed by atoms with Gasteiger partial charge in [-0.15, -0.1) is 0 Å². The van der Waals surface area contributed by atoms with Crippen LogP contribution in [0.3, 0.4) is 0 Å². The fourth-order valence-corrected chi connectivity index (χ4v) is 3.42. The Morgan fingerprint density at radius 3 is 2.32 bits per heavy atom. The van der Waals surface area contributed by atoms with Crippen LogP contribution in [0.15, 0.2) is 24.3 Å². The molecule has 0 bridgehead atoms. The highest BCUT2D eigenvalue weighted by Crippen LogP contribution is 2.32. The normalized spacial score (nSPS) is 20.1. The van der Waals surface area contributed by atoms with Gasteiger partial charge in [-0.25, -0.2) is 4.79 Å². The molecule has 4 nitrogen and oxygen atoms in total. The molecule has 0 aliphatic heterocycles. The number of amides is 1. The fraction of sp³-hybridized carbons (Fsp3) is 0.619. The molecule has 0 heterocycles. The Hall–Kier alpha value is -1.84. The lowest BCUT2D eigenvalue weighted by molar-refractivity contribution is -0.121. The maximum absolute atomic E-state index is 12.4. The Balaban J connectivity index is 1.80. The summed E-state index contributed by atoms with van der Waals surface area (Å²) in [5.74, 6) is 0.713. The predicted molar refractivity (Wildman–Crippen MR) is 101 cm³/mol. The maximum atomic E-state index is 12.4. The molecule has 0 aromatic heterocycles. The van der Waals surface area contributed by atoms with E-state index in [1.807, 2.05) is 6.92 Å². The van der Waals surface area contributed by atoms with Crippen LogP contribution >= 0.6 is 0 Å². The van der Waals surface area contributed by atoms with Gasteiger partial charge in [-0.05, 0) is 62.3 Å². The van der Waals surface area contributed by atoms with Gasteiger partial charge in [0.25, 0.3) is 0 Å². The van der Waals surface area contributed by atoms with Crippen molar-refractivity contribution >= 4 is 17.6 Å². The molecular formula is C21H31NO3. The number of nitrogens with one attached hydrogen (secondary N) is 1. The van der Waals surface area contributed by atoms with Crippen LogP contribution in [-0.2, 0) is 9.53 Å². The lowest BCUT2D eigenvalue weighted by atomic mass is 9.79. The molecule has 1 N–H and O–H groups in total. The van der Waals surface area contributed by atoms with Crippen LogP contribution in [0.4, 0.5) is 5.69 Å². The van der Waals surface area contributed by atoms with Gasteiger partial charge in [0, 0.05) is 11.6 Å². The predicted octanol–water partition coefficient (Wildman–Crippen LogP) is 5.19. The number of hydrogen-bond donors (Lipinski definition) is 1. The molecule has 1 saturated carbocycles. The zero-order valence-corrected chi connectivity index (χ0v) is 15.6. The minimum atomic E-state index is -0.315. The molecule has 1 amide bonds. The van der Waals surface area contributed by atoms with E-state index in [1.165, 1.54) is 32.1 Å². The number of rotatable bonds is 8. The van der Waals surface area contributed by atoms with Crippen molar-refractivity contribution in [3.63, 3.8) is 0 Å². The SMILES string of the molecule is CCCCC1CCC(C(=O)Nc2ccc(C(=O)OCCC)cc2)CC1. The molecule has 1 aromatic rings. The summed E-state index contributed by atoms with van der Waals surface area (Å²) < 4.78 is 5.11. The lowest BCUT2D eigenvalue weighted by Crippen LogP contribution is -2.27. The van der Waals surface area contributed by atoms with E-state index in [1.54, 1.807) is 24.3 Å². The summed E-state index contributed by atoms with van der Waals surface area (Å²) >= 11 is 0. The molecule has 0 unspecified atom stereocenters. The molecule has 1 aliphatic rings. The van der Waals surface area contributed by atoms with Gasteiger partial charge in [0.15, 0.2) is 0 Å². The Morgan fingerprint density at radius 1 is 1.04 bits per heavy atom. The second kappa shape index (κ2) is 10.2. The van der Waals surface area contributed by atoms with Crippen LogP contribution in [-0.4, -0.2) is 18.5 Å². The van der Waals surface area contributed by atoms with E-state index in [4.69, 9.17) is 4.74 Å². The molecule has 4 heteroatoms. The summed E-state index contributed by atoms with van der Waals surface area (Å²) in [6, 6.07) is 6.95. The van der Waals surface area contributed by atoms with Crippen molar-refractivity contribution in [1.82, 2.24) is 0 Å². The molecule has 0 spiro atoms. The number of unbranched alkanes of at least 4 members (excludes halogenated alkanes) is 1. The Morgan fingerprint density at radius 2 is 1.72 bits per heavy atom. The Labute approximate surface area is 151 Å². The van der Waals surface area contributed by atoms with E-state index < -0.39 is 0 Å². The summed E-state index contributed by atoms with van der Waals surface area (Å²) in [4.78, 5) is 24.2. The van der Waals surface area contributed by atoms with E-state index in [2.05, 4.69) is 12.2 Å². The van der Waals surface area contributed by atoms with Crippen LogP contribution < -0.4 is 5.32 Å². The van der Waals surface area contributed by atoms with Gasteiger partial charge >= 0.3 is 5.97 Å². The zero-order chi connectivity index (χ0) is 18.1. The number of carbonyl (C=O) groups excluding carboxylic acids is 2. The van der Waals surface area contributed by atoms with Gasteiger partial charge in [0.2, 0.25) is 5.91 Å². The summed E-state index contributed by atoms with van der Waals surface area (Å²) in [6.45, 7) is 4.62. The van der Waals surface area contributed by atoms with Gasteiger partial charge in [-0.2, -0.15) is 0 Å². The molecule has 2 rings (SSSR count). The molecular weight excluding hydrogens is 314 g/mol.